The number of hydrogen-bond donors (Lipinski definition) is 1. The first-order chi connectivity index (χ1) is 8.77. The standard InChI is InChI=1S/C15H21Cl2N/c16-14-8-4-7-13(15(14)17)11-18-10-9-12-5-2-1-3-6-12/h4,7-8,12,18H,1-3,5-6,9-11H2. The molecule has 0 amide bonds. The smallest absolute Gasteiger partial charge is 0.0637 e. The lowest BCUT2D eigenvalue weighted by Gasteiger charge is -2.21. The molecule has 2 rings (SSSR count). The lowest BCUT2D eigenvalue weighted by Crippen LogP contribution is -2.19. The highest BCUT2D eigenvalue weighted by Crippen LogP contribution is 2.27. The Bertz CT molecular complexity index is 373. The van der Waals surface area contributed by atoms with Crippen molar-refractivity contribution in [2.24, 2.45) is 5.92 Å². The van der Waals surface area contributed by atoms with Gasteiger partial charge in [0, 0.05) is 6.54 Å². The van der Waals surface area contributed by atoms with Crippen LogP contribution in [0.15, 0.2) is 18.2 Å². The van der Waals surface area contributed by atoms with E-state index >= 15 is 0 Å². The molecule has 1 saturated carbocycles. The van der Waals surface area contributed by atoms with E-state index < -0.39 is 0 Å². The molecule has 18 heavy (non-hydrogen) atoms. The molecule has 1 aliphatic carbocycles. The van der Waals surface area contributed by atoms with Crippen molar-refractivity contribution in [2.75, 3.05) is 6.54 Å². The maximum atomic E-state index is 6.15. The fraction of sp³-hybridized carbons (Fsp3) is 0.600. The zero-order valence-corrected chi connectivity index (χ0v) is 12.2. The summed E-state index contributed by atoms with van der Waals surface area (Å²) in [6.45, 7) is 1.89. The van der Waals surface area contributed by atoms with Gasteiger partial charge in [-0.15, -0.1) is 0 Å². The summed E-state index contributed by atoms with van der Waals surface area (Å²) < 4.78 is 0. The van der Waals surface area contributed by atoms with Crippen molar-refractivity contribution in [3.8, 4) is 0 Å². The summed E-state index contributed by atoms with van der Waals surface area (Å²) in [5.41, 5.74) is 1.09. The molecule has 1 aromatic carbocycles. The number of halogens is 2. The zero-order chi connectivity index (χ0) is 12.8. The average molecular weight is 286 g/mol. The molecule has 1 aromatic rings. The van der Waals surface area contributed by atoms with Crippen LogP contribution in [0.1, 0.15) is 44.1 Å². The van der Waals surface area contributed by atoms with Crippen molar-refractivity contribution in [3.63, 3.8) is 0 Å². The van der Waals surface area contributed by atoms with Crippen LogP contribution in [0.4, 0.5) is 0 Å². The van der Waals surface area contributed by atoms with Gasteiger partial charge in [-0.1, -0.05) is 67.4 Å². The molecular weight excluding hydrogens is 265 g/mol. The third kappa shape index (κ3) is 4.15. The van der Waals surface area contributed by atoms with Crippen LogP contribution in [-0.4, -0.2) is 6.54 Å². The lowest BCUT2D eigenvalue weighted by atomic mass is 9.87. The fourth-order valence-electron chi connectivity index (χ4n) is 2.69. The third-order valence-electron chi connectivity index (χ3n) is 3.80. The van der Waals surface area contributed by atoms with Gasteiger partial charge < -0.3 is 5.32 Å². The minimum absolute atomic E-state index is 0.642. The molecule has 0 radical (unpaired) electrons. The van der Waals surface area contributed by atoms with E-state index in [2.05, 4.69) is 5.32 Å². The number of rotatable bonds is 5. The molecule has 1 N–H and O–H groups in total. The SMILES string of the molecule is Clc1cccc(CNCCC2CCCCC2)c1Cl. The van der Waals surface area contributed by atoms with Crippen molar-refractivity contribution in [3.05, 3.63) is 33.8 Å². The zero-order valence-electron chi connectivity index (χ0n) is 10.7. The number of benzene rings is 1. The summed E-state index contributed by atoms with van der Waals surface area (Å²) in [4.78, 5) is 0. The van der Waals surface area contributed by atoms with Gasteiger partial charge in [0.15, 0.2) is 0 Å². The molecule has 1 nitrogen and oxygen atoms in total. The minimum Gasteiger partial charge on any atom is -0.313 e. The summed E-state index contributed by atoms with van der Waals surface area (Å²) in [7, 11) is 0. The molecule has 100 valence electrons. The Morgan fingerprint density at radius 2 is 1.89 bits per heavy atom. The van der Waals surface area contributed by atoms with Crippen molar-refractivity contribution >= 4 is 23.2 Å². The molecule has 0 heterocycles. The molecule has 3 heteroatoms. The van der Waals surface area contributed by atoms with Crippen molar-refractivity contribution in [2.45, 2.75) is 45.1 Å². The summed E-state index contributed by atoms with van der Waals surface area (Å²) >= 11 is 12.1. The van der Waals surface area contributed by atoms with Gasteiger partial charge in [0.05, 0.1) is 10.0 Å². The Balaban J connectivity index is 1.70. The summed E-state index contributed by atoms with van der Waals surface area (Å²) in [5.74, 6) is 0.932. The second kappa shape index (κ2) is 7.37. The molecule has 0 aromatic heterocycles. The van der Waals surface area contributed by atoms with E-state index in [1.165, 1.54) is 38.5 Å². The Hall–Kier alpha value is -0.240. The van der Waals surface area contributed by atoms with Crippen LogP contribution < -0.4 is 5.32 Å². The Labute approximate surface area is 120 Å². The van der Waals surface area contributed by atoms with Crippen LogP contribution in [0.25, 0.3) is 0 Å². The second-order valence-corrected chi connectivity index (χ2v) is 5.97. The summed E-state index contributed by atoms with van der Waals surface area (Å²) in [6, 6.07) is 5.81. The highest BCUT2D eigenvalue weighted by atomic mass is 35.5. The fourth-order valence-corrected chi connectivity index (χ4v) is 3.08. The molecular formula is C15H21Cl2N. The maximum absolute atomic E-state index is 6.15. The normalized spacial score (nSPS) is 17.0. The van der Waals surface area contributed by atoms with E-state index in [1.807, 2.05) is 18.2 Å². The molecule has 0 unspecified atom stereocenters. The monoisotopic (exact) mass is 285 g/mol. The van der Waals surface area contributed by atoms with Crippen LogP contribution in [0.2, 0.25) is 10.0 Å². The van der Waals surface area contributed by atoms with Crippen molar-refractivity contribution in [1.29, 1.82) is 0 Å². The third-order valence-corrected chi connectivity index (χ3v) is 4.66. The molecule has 1 aliphatic rings. The predicted octanol–water partition coefficient (Wildman–Crippen LogP) is 5.05. The lowest BCUT2D eigenvalue weighted by molar-refractivity contribution is 0.334. The van der Waals surface area contributed by atoms with Crippen molar-refractivity contribution < 1.29 is 0 Å². The van der Waals surface area contributed by atoms with Crippen LogP contribution in [0.5, 0.6) is 0 Å². The van der Waals surface area contributed by atoms with Gasteiger partial charge in [0.25, 0.3) is 0 Å². The van der Waals surface area contributed by atoms with E-state index in [-0.39, 0.29) is 0 Å². The first-order valence-electron chi connectivity index (χ1n) is 6.91. The van der Waals surface area contributed by atoms with E-state index in [0.29, 0.717) is 10.0 Å². The van der Waals surface area contributed by atoms with Crippen LogP contribution in [0.3, 0.4) is 0 Å². The predicted molar refractivity (Wildman–Crippen MR) is 79.4 cm³/mol. The van der Waals surface area contributed by atoms with Gasteiger partial charge in [-0.05, 0) is 30.5 Å². The minimum atomic E-state index is 0.642. The second-order valence-electron chi connectivity index (χ2n) is 5.18. The van der Waals surface area contributed by atoms with Crippen LogP contribution in [0, 0.1) is 5.92 Å². The number of nitrogens with one attached hydrogen (secondary N) is 1. The van der Waals surface area contributed by atoms with Gasteiger partial charge in [0.2, 0.25) is 0 Å². The first-order valence-corrected chi connectivity index (χ1v) is 7.66. The topological polar surface area (TPSA) is 12.0 Å². The summed E-state index contributed by atoms with van der Waals surface area (Å²) in [6.07, 6.45) is 8.40. The molecule has 0 bridgehead atoms. The molecule has 0 saturated heterocycles. The highest BCUT2D eigenvalue weighted by Gasteiger charge is 2.12. The molecule has 0 spiro atoms. The Kier molecular flexibility index (Phi) is 5.81. The Morgan fingerprint density at radius 3 is 2.67 bits per heavy atom. The van der Waals surface area contributed by atoms with Gasteiger partial charge in [0.1, 0.15) is 0 Å². The largest absolute Gasteiger partial charge is 0.313 e. The van der Waals surface area contributed by atoms with E-state index in [1.54, 1.807) is 0 Å². The van der Waals surface area contributed by atoms with E-state index in [9.17, 15) is 0 Å². The van der Waals surface area contributed by atoms with Gasteiger partial charge in [-0.3, -0.25) is 0 Å². The van der Waals surface area contributed by atoms with E-state index in [4.69, 9.17) is 23.2 Å². The maximum Gasteiger partial charge on any atom is 0.0637 e. The Morgan fingerprint density at radius 1 is 1.11 bits per heavy atom. The highest BCUT2D eigenvalue weighted by molar-refractivity contribution is 6.42. The quantitative estimate of drug-likeness (QED) is 0.746. The van der Waals surface area contributed by atoms with Gasteiger partial charge in [-0.25, -0.2) is 0 Å². The van der Waals surface area contributed by atoms with Crippen LogP contribution in [-0.2, 0) is 6.54 Å². The van der Waals surface area contributed by atoms with E-state index in [0.717, 1.165) is 24.6 Å². The van der Waals surface area contributed by atoms with Gasteiger partial charge in [-0.2, -0.15) is 0 Å². The molecule has 0 aliphatic heterocycles. The number of hydrogen-bond acceptors (Lipinski definition) is 1. The van der Waals surface area contributed by atoms with Crippen molar-refractivity contribution in [1.82, 2.24) is 5.32 Å². The van der Waals surface area contributed by atoms with Crippen LogP contribution >= 0.6 is 23.2 Å². The summed E-state index contributed by atoms with van der Waals surface area (Å²) in [5, 5.41) is 4.80. The van der Waals surface area contributed by atoms with Gasteiger partial charge >= 0.3 is 0 Å². The first kappa shape index (κ1) is 14.2. The molecule has 0 atom stereocenters. The molecule has 1 fully saturated rings. The average Bonchev–Trinajstić information content (AvgIpc) is 2.40.